The van der Waals surface area contributed by atoms with Crippen LogP contribution in [0.4, 0.5) is 0 Å². The quantitative estimate of drug-likeness (QED) is 0.647. The largest absolute Gasteiger partial charge is 0.497 e. The van der Waals surface area contributed by atoms with Crippen molar-refractivity contribution in [2.45, 2.75) is 19.3 Å². The Morgan fingerprint density at radius 3 is 2.47 bits per heavy atom. The molecular formula is C13H20BrNO2. The summed E-state index contributed by atoms with van der Waals surface area (Å²) in [7, 11) is 3.37. The van der Waals surface area contributed by atoms with Crippen molar-refractivity contribution < 1.29 is 9.47 Å². The standard InChI is InChI=1S/C13H20BrNO2/c1-13(2,8-15-9-14)11-7-10(16-3)5-6-12(11)17-4/h5-7,15H,8-9H2,1-4H3. The van der Waals surface area contributed by atoms with E-state index in [9.17, 15) is 0 Å². The zero-order valence-electron chi connectivity index (χ0n) is 10.8. The molecule has 0 bridgehead atoms. The fourth-order valence-corrected chi connectivity index (χ4v) is 2.00. The first kappa shape index (κ1) is 14.3. The van der Waals surface area contributed by atoms with E-state index in [1.165, 1.54) is 0 Å². The number of alkyl halides is 1. The normalized spacial score (nSPS) is 11.4. The number of methoxy groups -OCH3 is 2. The van der Waals surface area contributed by atoms with E-state index in [1.54, 1.807) is 14.2 Å². The number of nitrogens with one attached hydrogen (secondary N) is 1. The van der Waals surface area contributed by atoms with Gasteiger partial charge in [0.25, 0.3) is 0 Å². The van der Waals surface area contributed by atoms with Crippen molar-refractivity contribution in [3.8, 4) is 11.5 Å². The average Bonchev–Trinajstić information content (AvgIpc) is 2.35. The van der Waals surface area contributed by atoms with Gasteiger partial charge in [-0.25, -0.2) is 0 Å². The minimum absolute atomic E-state index is 0.0202. The van der Waals surface area contributed by atoms with Gasteiger partial charge >= 0.3 is 0 Å². The molecule has 17 heavy (non-hydrogen) atoms. The molecule has 4 heteroatoms. The SMILES string of the molecule is COc1ccc(OC)c(C(C)(C)CNCBr)c1. The van der Waals surface area contributed by atoms with Gasteiger partial charge in [-0.1, -0.05) is 29.8 Å². The molecule has 0 fully saturated rings. The lowest BCUT2D eigenvalue weighted by Gasteiger charge is -2.27. The second-order valence-electron chi connectivity index (χ2n) is 4.51. The topological polar surface area (TPSA) is 30.5 Å². The summed E-state index contributed by atoms with van der Waals surface area (Å²) in [6, 6.07) is 5.90. The van der Waals surface area contributed by atoms with Crippen LogP contribution in [0, 0.1) is 0 Å². The van der Waals surface area contributed by atoms with Crippen LogP contribution in [0.25, 0.3) is 0 Å². The summed E-state index contributed by atoms with van der Waals surface area (Å²) in [5, 5.41) is 3.30. The van der Waals surface area contributed by atoms with Crippen LogP contribution in [0.15, 0.2) is 18.2 Å². The Labute approximate surface area is 112 Å². The summed E-state index contributed by atoms with van der Waals surface area (Å²) in [6.45, 7) is 5.22. The van der Waals surface area contributed by atoms with Gasteiger partial charge in [-0.3, -0.25) is 0 Å². The number of hydrogen-bond acceptors (Lipinski definition) is 3. The molecule has 1 aromatic carbocycles. The molecule has 0 aromatic heterocycles. The number of rotatable bonds is 6. The summed E-state index contributed by atoms with van der Waals surface area (Å²) in [5.74, 6) is 1.75. The van der Waals surface area contributed by atoms with Gasteiger partial charge in [-0.05, 0) is 18.2 Å². The molecule has 0 aliphatic heterocycles. The van der Waals surface area contributed by atoms with Crippen molar-refractivity contribution in [2.75, 3.05) is 26.2 Å². The zero-order valence-corrected chi connectivity index (χ0v) is 12.4. The number of benzene rings is 1. The van der Waals surface area contributed by atoms with Gasteiger partial charge in [0.1, 0.15) is 11.5 Å². The average molecular weight is 302 g/mol. The van der Waals surface area contributed by atoms with Gasteiger partial charge in [-0.15, -0.1) is 0 Å². The third-order valence-corrected chi connectivity index (χ3v) is 3.19. The Morgan fingerprint density at radius 2 is 1.94 bits per heavy atom. The first-order chi connectivity index (χ1) is 8.05. The van der Waals surface area contributed by atoms with Crippen LogP contribution >= 0.6 is 15.9 Å². The maximum absolute atomic E-state index is 5.42. The van der Waals surface area contributed by atoms with Gasteiger partial charge in [-0.2, -0.15) is 0 Å². The van der Waals surface area contributed by atoms with Crippen molar-refractivity contribution >= 4 is 15.9 Å². The molecule has 0 aliphatic carbocycles. The van der Waals surface area contributed by atoms with Gasteiger partial charge in [0, 0.05) is 17.5 Å². The molecule has 0 amide bonds. The highest BCUT2D eigenvalue weighted by Gasteiger charge is 2.24. The Kier molecular flexibility index (Phi) is 5.28. The molecule has 96 valence electrons. The number of hydrogen-bond donors (Lipinski definition) is 1. The molecule has 0 saturated heterocycles. The summed E-state index contributed by atoms with van der Waals surface area (Å²) in [5.41, 5.74) is 1.91. The van der Waals surface area contributed by atoms with E-state index in [-0.39, 0.29) is 5.41 Å². The van der Waals surface area contributed by atoms with Gasteiger partial charge in [0.15, 0.2) is 0 Å². The van der Waals surface area contributed by atoms with E-state index in [0.717, 1.165) is 29.1 Å². The van der Waals surface area contributed by atoms with Crippen LogP contribution in [0.3, 0.4) is 0 Å². The Morgan fingerprint density at radius 1 is 1.24 bits per heavy atom. The fourth-order valence-electron chi connectivity index (χ4n) is 1.80. The van der Waals surface area contributed by atoms with Crippen LogP contribution in [0.5, 0.6) is 11.5 Å². The predicted octanol–water partition coefficient (Wildman–Crippen LogP) is 2.92. The predicted molar refractivity (Wildman–Crippen MR) is 74.4 cm³/mol. The highest BCUT2D eigenvalue weighted by atomic mass is 79.9. The van der Waals surface area contributed by atoms with Crippen molar-refractivity contribution in [2.24, 2.45) is 0 Å². The molecule has 0 aliphatic rings. The number of halogens is 1. The van der Waals surface area contributed by atoms with Gasteiger partial charge in [0.2, 0.25) is 0 Å². The molecule has 0 radical (unpaired) electrons. The van der Waals surface area contributed by atoms with Crippen LogP contribution < -0.4 is 14.8 Å². The second-order valence-corrected chi connectivity index (χ2v) is 5.07. The lowest BCUT2D eigenvalue weighted by molar-refractivity contribution is 0.380. The monoisotopic (exact) mass is 301 g/mol. The van der Waals surface area contributed by atoms with E-state index < -0.39 is 0 Å². The van der Waals surface area contributed by atoms with E-state index in [2.05, 4.69) is 35.1 Å². The summed E-state index contributed by atoms with van der Waals surface area (Å²) in [6.07, 6.45) is 0. The molecule has 0 spiro atoms. The molecule has 1 N–H and O–H groups in total. The molecule has 1 rings (SSSR count). The van der Waals surface area contributed by atoms with Crippen LogP contribution in [-0.4, -0.2) is 26.2 Å². The molecule has 1 aromatic rings. The highest BCUT2D eigenvalue weighted by molar-refractivity contribution is 9.09. The number of ether oxygens (including phenoxy) is 2. The third-order valence-electron chi connectivity index (χ3n) is 2.80. The highest BCUT2D eigenvalue weighted by Crippen LogP contribution is 2.34. The van der Waals surface area contributed by atoms with Crippen LogP contribution in [0.2, 0.25) is 0 Å². The third kappa shape index (κ3) is 3.61. The first-order valence-electron chi connectivity index (χ1n) is 5.54. The molecule has 3 nitrogen and oxygen atoms in total. The second kappa shape index (κ2) is 6.26. The lowest BCUT2D eigenvalue weighted by atomic mass is 9.84. The molecule has 0 saturated carbocycles. The van der Waals surface area contributed by atoms with E-state index in [0.29, 0.717) is 0 Å². The van der Waals surface area contributed by atoms with Gasteiger partial charge in [0.05, 0.1) is 19.7 Å². The van der Waals surface area contributed by atoms with Crippen molar-refractivity contribution in [3.05, 3.63) is 23.8 Å². The minimum atomic E-state index is -0.0202. The first-order valence-corrected chi connectivity index (χ1v) is 6.66. The Bertz CT molecular complexity index is 366. The zero-order chi connectivity index (χ0) is 12.9. The molecule has 0 atom stereocenters. The molecule has 0 heterocycles. The van der Waals surface area contributed by atoms with Crippen molar-refractivity contribution in [3.63, 3.8) is 0 Å². The van der Waals surface area contributed by atoms with Crippen molar-refractivity contribution in [1.29, 1.82) is 0 Å². The summed E-state index contributed by atoms with van der Waals surface area (Å²) in [4.78, 5) is 0. The lowest BCUT2D eigenvalue weighted by Crippen LogP contribution is -2.32. The van der Waals surface area contributed by atoms with Crippen LogP contribution in [-0.2, 0) is 5.41 Å². The minimum Gasteiger partial charge on any atom is -0.497 e. The molecular weight excluding hydrogens is 282 g/mol. The van der Waals surface area contributed by atoms with E-state index in [4.69, 9.17) is 9.47 Å². The summed E-state index contributed by atoms with van der Waals surface area (Å²) < 4.78 is 10.7. The fraction of sp³-hybridized carbons (Fsp3) is 0.538. The summed E-state index contributed by atoms with van der Waals surface area (Å²) >= 11 is 3.37. The molecule has 0 unspecified atom stereocenters. The smallest absolute Gasteiger partial charge is 0.122 e. The Balaban J connectivity index is 3.07. The maximum atomic E-state index is 5.42. The van der Waals surface area contributed by atoms with Crippen LogP contribution in [0.1, 0.15) is 19.4 Å². The maximum Gasteiger partial charge on any atom is 0.122 e. The van der Waals surface area contributed by atoms with Gasteiger partial charge < -0.3 is 14.8 Å². The Hall–Kier alpha value is -0.740. The van der Waals surface area contributed by atoms with Crippen molar-refractivity contribution in [1.82, 2.24) is 5.32 Å². The van der Waals surface area contributed by atoms with E-state index >= 15 is 0 Å². The van der Waals surface area contributed by atoms with E-state index in [1.807, 2.05) is 18.2 Å².